The Balaban J connectivity index is 2.49. The summed E-state index contributed by atoms with van der Waals surface area (Å²) in [5.74, 6) is 1.65. The monoisotopic (exact) mass is 277 g/mol. The third kappa shape index (κ3) is 1.20. The van der Waals surface area contributed by atoms with Crippen molar-refractivity contribution in [1.82, 2.24) is 0 Å². The van der Waals surface area contributed by atoms with Crippen LogP contribution in [0.4, 0.5) is 5.69 Å². The normalized spacial score (nSPS) is 13.2. The molecule has 2 rings (SSSR count). The number of rotatable bonds is 1. The second-order valence-corrected chi connectivity index (χ2v) is 3.60. The van der Waals surface area contributed by atoms with Crippen LogP contribution in [0, 0.1) is 3.57 Å². The molecular weight excluding hydrogens is 269 g/mol. The van der Waals surface area contributed by atoms with Gasteiger partial charge in [0.2, 0.25) is 6.79 Å². The van der Waals surface area contributed by atoms with Gasteiger partial charge in [0.25, 0.3) is 0 Å². The van der Waals surface area contributed by atoms with E-state index in [-0.39, 0.29) is 0 Å². The van der Waals surface area contributed by atoms with Gasteiger partial charge in [-0.1, -0.05) is 0 Å². The molecule has 1 aromatic carbocycles. The zero-order valence-electron chi connectivity index (χ0n) is 6.56. The van der Waals surface area contributed by atoms with Gasteiger partial charge in [0, 0.05) is 16.7 Å². The molecule has 0 atom stereocenters. The van der Waals surface area contributed by atoms with Gasteiger partial charge in [-0.25, -0.2) is 0 Å². The van der Waals surface area contributed by atoms with Crippen LogP contribution in [0.2, 0.25) is 0 Å². The van der Waals surface area contributed by atoms with E-state index < -0.39 is 0 Å². The minimum absolute atomic E-state index is 0.332. The highest BCUT2D eigenvalue weighted by Crippen LogP contribution is 2.37. The van der Waals surface area contributed by atoms with Gasteiger partial charge in [0.1, 0.15) is 0 Å². The van der Waals surface area contributed by atoms with Crippen molar-refractivity contribution >= 4 is 28.3 Å². The Bertz CT molecular complexity index is 313. The fourth-order valence-electron chi connectivity index (χ4n) is 1.11. The van der Waals surface area contributed by atoms with Crippen LogP contribution in [-0.4, -0.2) is 13.8 Å². The first-order chi connectivity index (χ1) is 5.81. The molecule has 0 aliphatic carbocycles. The zero-order valence-corrected chi connectivity index (χ0v) is 8.71. The topological polar surface area (TPSA) is 30.5 Å². The molecule has 0 radical (unpaired) electrons. The number of halogens is 1. The van der Waals surface area contributed by atoms with E-state index in [0.29, 0.717) is 6.79 Å². The predicted octanol–water partition coefficient (Wildman–Crippen LogP) is 2.06. The summed E-state index contributed by atoms with van der Waals surface area (Å²) in [5, 5.41) is 3.08. The van der Waals surface area contributed by atoms with Crippen molar-refractivity contribution in [2.75, 3.05) is 19.2 Å². The van der Waals surface area contributed by atoms with Crippen molar-refractivity contribution in [2.24, 2.45) is 0 Å². The SMILES string of the molecule is CNc1cc2c(cc1I)OCO2. The summed E-state index contributed by atoms with van der Waals surface area (Å²) >= 11 is 2.26. The minimum Gasteiger partial charge on any atom is -0.454 e. The van der Waals surface area contributed by atoms with Crippen LogP contribution in [-0.2, 0) is 0 Å². The van der Waals surface area contributed by atoms with Crippen molar-refractivity contribution in [1.29, 1.82) is 0 Å². The van der Waals surface area contributed by atoms with Crippen molar-refractivity contribution in [3.8, 4) is 11.5 Å². The number of benzene rings is 1. The fourth-order valence-corrected chi connectivity index (χ4v) is 1.82. The molecule has 0 amide bonds. The number of fused-ring (bicyclic) bond motifs is 1. The molecule has 0 saturated carbocycles. The van der Waals surface area contributed by atoms with Crippen LogP contribution in [0.25, 0.3) is 0 Å². The minimum atomic E-state index is 0.332. The zero-order chi connectivity index (χ0) is 8.55. The highest BCUT2D eigenvalue weighted by molar-refractivity contribution is 14.1. The van der Waals surface area contributed by atoms with Crippen molar-refractivity contribution in [3.05, 3.63) is 15.7 Å². The standard InChI is InChI=1S/C8H8INO2/c1-10-6-3-8-7(2-5(6)9)11-4-12-8/h2-3,10H,4H2,1H3. The highest BCUT2D eigenvalue weighted by Gasteiger charge is 2.15. The Hall–Kier alpha value is -0.650. The average molecular weight is 277 g/mol. The van der Waals surface area contributed by atoms with Crippen LogP contribution in [0.1, 0.15) is 0 Å². The number of anilines is 1. The van der Waals surface area contributed by atoms with Crippen molar-refractivity contribution in [3.63, 3.8) is 0 Å². The molecule has 0 fully saturated rings. The molecule has 4 heteroatoms. The van der Waals surface area contributed by atoms with Crippen molar-refractivity contribution in [2.45, 2.75) is 0 Å². The largest absolute Gasteiger partial charge is 0.454 e. The van der Waals surface area contributed by atoms with Gasteiger partial charge in [0.15, 0.2) is 11.5 Å². The maximum Gasteiger partial charge on any atom is 0.231 e. The lowest BCUT2D eigenvalue weighted by atomic mass is 10.3. The Morgan fingerprint density at radius 2 is 2.00 bits per heavy atom. The van der Waals surface area contributed by atoms with Crippen LogP contribution >= 0.6 is 22.6 Å². The van der Waals surface area contributed by atoms with Crippen LogP contribution in [0.15, 0.2) is 12.1 Å². The van der Waals surface area contributed by atoms with Gasteiger partial charge in [0.05, 0.1) is 5.69 Å². The summed E-state index contributed by atoms with van der Waals surface area (Å²) in [7, 11) is 1.89. The van der Waals surface area contributed by atoms with E-state index in [1.54, 1.807) is 0 Å². The van der Waals surface area contributed by atoms with Crippen LogP contribution in [0.3, 0.4) is 0 Å². The molecule has 0 spiro atoms. The van der Waals surface area contributed by atoms with Gasteiger partial charge in [-0.05, 0) is 28.7 Å². The lowest BCUT2D eigenvalue weighted by Crippen LogP contribution is -1.93. The Labute approximate surface area is 84.2 Å². The summed E-state index contributed by atoms with van der Waals surface area (Å²) in [6, 6.07) is 3.92. The third-order valence-corrected chi connectivity index (χ3v) is 2.62. The van der Waals surface area contributed by atoms with Gasteiger partial charge < -0.3 is 14.8 Å². The molecule has 12 heavy (non-hydrogen) atoms. The van der Waals surface area contributed by atoms with Crippen LogP contribution < -0.4 is 14.8 Å². The Morgan fingerprint density at radius 3 is 2.67 bits per heavy atom. The summed E-state index contributed by atoms with van der Waals surface area (Å²) < 4.78 is 11.6. The fraction of sp³-hybridized carbons (Fsp3) is 0.250. The lowest BCUT2D eigenvalue weighted by molar-refractivity contribution is 0.174. The quantitative estimate of drug-likeness (QED) is 0.797. The summed E-state index contributed by atoms with van der Waals surface area (Å²) in [6.07, 6.45) is 0. The van der Waals surface area contributed by atoms with Gasteiger partial charge in [-0.15, -0.1) is 0 Å². The summed E-state index contributed by atoms with van der Waals surface area (Å²) in [6.45, 7) is 0.332. The molecule has 0 saturated heterocycles. The van der Waals surface area contributed by atoms with E-state index in [4.69, 9.17) is 9.47 Å². The number of ether oxygens (including phenoxy) is 2. The first-order valence-electron chi connectivity index (χ1n) is 3.58. The molecule has 1 aliphatic heterocycles. The van der Waals surface area contributed by atoms with Gasteiger partial charge in [-0.3, -0.25) is 0 Å². The Kier molecular flexibility index (Phi) is 2.00. The van der Waals surface area contributed by atoms with Gasteiger partial charge >= 0.3 is 0 Å². The second-order valence-electron chi connectivity index (χ2n) is 2.44. The average Bonchev–Trinajstić information content (AvgIpc) is 2.49. The number of hydrogen-bond donors (Lipinski definition) is 1. The Morgan fingerprint density at radius 1 is 1.33 bits per heavy atom. The lowest BCUT2D eigenvalue weighted by Gasteiger charge is -2.04. The third-order valence-electron chi connectivity index (χ3n) is 1.73. The van der Waals surface area contributed by atoms with Gasteiger partial charge in [-0.2, -0.15) is 0 Å². The molecule has 3 nitrogen and oxygen atoms in total. The molecule has 1 N–H and O–H groups in total. The molecule has 1 heterocycles. The highest BCUT2D eigenvalue weighted by atomic mass is 127. The maximum absolute atomic E-state index is 5.23. The number of nitrogens with one attached hydrogen (secondary N) is 1. The van der Waals surface area contributed by atoms with Crippen LogP contribution in [0.5, 0.6) is 11.5 Å². The maximum atomic E-state index is 5.23. The summed E-state index contributed by atoms with van der Waals surface area (Å²) in [4.78, 5) is 0. The number of hydrogen-bond acceptors (Lipinski definition) is 3. The first kappa shape index (κ1) is 7.97. The summed E-state index contributed by atoms with van der Waals surface area (Å²) in [5.41, 5.74) is 1.07. The molecule has 1 aliphatic rings. The molecule has 64 valence electrons. The molecule has 0 unspecified atom stereocenters. The first-order valence-corrected chi connectivity index (χ1v) is 4.66. The predicted molar refractivity (Wildman–Crippen MR) is 54.8 cm³/mol. The van der Waals surface area contributed by atoms with E-state index in [9.17, 15) is 0 Å². The smallest absolute Gasteiger partial charge is 0.231 e. The van der Waals surface area contributed by atoms with E-state index >= 15 is 0 Å². The molecular formula is C8H8INO2. The van der Waals surface area contributed by atoms with E-state index in [2.05, 4.69) is 27.9 Å². The van der Waals surface area contributed by atoms with E-state index in [1.165, 1.54) is 0 Å². The van der Waals surface area contributed by atoms with Crippen molar-refractivity contribution < 1.29 is 9.47 Å². The molecule has 1 aromatic rings. The van der Waals surface area contributed by atoms with E-state index in [0.717, 1.165) is 20.8 Å². The molecule has 0 aromatic heterocycles. The van der Waals surface area contributed by atoms with E-state index in [1.807, 2.05) is 19.2 Å². The second kappa shape index (κ2) is 3.01. The molecule has 0 bridgehead atoms.